The van der Waals surface area contributed by atoms with E-state index in [1.54, 1.807) is 4.57 Å². The number of nitrogens with zero attached hydrogens (tertiary/aromatic N) is 4. The van der Waals surface area contributed by atoms with E-state index >= 15 is 0 Å². The maximum atomic E-state index is 13.0. The first kappa shape index (κ1) is 19.5. The van der Waals surface area contributed by atoms with Crippen molar-refractivity contribution in [2.75, 3.05) is 6.54 Å². The molecule has 0 spiro atoms. The summed E-state index contributed by atoms with van der Waals surface area (Å²) in [5, 5.41) is 10.1. The van der Waals surface area contributed by atoms with Crippen LogP contribution in [0.3, 0.4) is 0 Å². The van der Waals surface area contributed by atoms with Crippen molar-refractivity contribution in [1.29, 1.82) is 5.26 Å². The number of fused-ring (bicyclic) bond motifs is 1. The van der Waals surface area contributed by atoms with Gasteiger partial charge in [-0.15, -0.1) is 0 Å². The molecule has 0 aliphatic carbocycles. The molecule has 0 aliphatic heterocycles. The highest BCUT2D eigenvalue weighted by atomic mass is 32.2. The van der Waals surface area contributed by atoms with Crippen molar-refractivity contribution in [2.24, 2.45) is 0 Å². The number of thioether (sulfide) groups is 1. The molecule has 5 nitrogen and oxygen atoms in total. The molecule has 0 amide bonds. The van der Waals surface area contributed by atoms with Gasteiger partial charge in [0.15, 0.2) is 5.16 Å². The Bertz CT molecular complexity index is 814. The van der Waals surface area contributed by atoms with Gasteiger partial charge in [0.25, 0.3) is 5.56 Å². The standard InChI is InChI=1S/C19H26N4OS/c1-13(2)22(14(3)4)10-11-23-18(24)16-8-6-7-9-17(16)21-19(23)25-15(5)12-20/h6-9,13-15H,10-11H2,1-5H3. The molecule has 0 saturated carbocycles. The lowest BCUT2D eigenvalue weighted by Gasteiger charge is -2.30. The van der Waals surface area contributed by atoms with E-state index in [2.05, 4.69) is 43.6 Å². The Morgan fingerprint density at radius 3 is 2.44 bits per heavy atom. The van der Waals surface area contributed by atoms with E-state index < -0.39 is 0 Å². The summed E-state index contributed by atoms with van der Waals surface area (Å²) in [6.07, 6.45) is 0. The van der Waals surface area contributed by atoms with Crippen molar-refractivity contribution >= 4 is 22.7 Å². The Hall–Kier alpha value is -1.84. The average Bonchev–Trinajstić information content (AvgIpc) is 2.56. The highest BCUT2D eigenvalue weighted by Gasteiger charge is 2.17. The van der Waals surface area contributed by atoms with Crippen LogP contribution >= 0.6 is 11.8 Å². The van der Waals surface area contributed by atoms with Crippen LogP contribution in [0, 0.1) is 11.3 Å². The van der Waals surface area contributed by atoms with E-state index in [-0.39, 0.29) is 10.8 Å². The second kappa shape index (κ2) is 8.50. The Morgan fingerprint density at radius 2 is 1.84 bits per heavy atom. The number of hydrogen-bond donors (Lipinski definition) is 0. The number of aromatic nitrogens is 2. The molecule has 25 heavy (non-hydrogen) atoms. The van der Waals surface area contributed by atoms with E-state index in [1.165, 1.54) is 11.8 Å². The van der Waals surface area contributed by atoms with Crippen molar-refractivity contribution in [1.82, 2.24) is 14.5 Å². The number of para-hydroxylation sites is 1. The molecule has 1 aromatic carbocycles. The monoisotopic (exact) mass is 358 g/mol. The summed E-state index contributed by atoms with van der Waals surface area (Å²) in [5.41, 5.74) is 0.645. The first-order valence-electron chi connectivity index (χ1n) is 8.66. The van der Waals surface area contributed by atoms with Crippen molar-refractivity contribution in [2.45, 2.75) is 63.7 Å². The molecule has 0 saturated heterocycles. The van der Waals surface area contributed by atoms with E-state index in [4.69, 9.17) is 5.26 Å². The van der Waals surface area contributed by atoms with Crippen LogP contribution in [0.1, 0.15) is 34.6 Å². The van der Waals surface area contributed by atoms with Crippen molar-refractivity contribution in [3.05, 3.63) is 34.6 Å². The van der Waals surface area contributed by atoms with Crippen LogP contribution in [-0.4, -0.2) is 38.3 Å². The summed E-state index contributed by atoms with van der Waals surface area (Å²) in [5.74, 6) is 0. The first-order valence-corrected chi connectivity index (χ1v) is 9.54. The van der Waals surface area contributed by atoms with Gasteiger partial charge in [0.1, 0.15) is 0 Å². The first-order chi connectivity index (χ1) is 11.8. The van der Waals surface area contributed by atoms with E-state index in [9.17, 15) is 4.79 Å². The van der Waals surface area contributed by atoms with Gasteiger partial charge in [-0.3, -0.25) is 14.3 Å². The van der Waals surface area contributed by atoms with Gasteiger partial charge in [0.05, 0.1) is 22.2 Å². The van der Waals surface area contributed by atoms with Crippen LogP contribution in [0.5, 0.6) is 0 Å². The van der Waals surface area contributed by atoms with E-state index in [1.807, 2.05) is 31.2 Å². The molecule has 0 bridgehead atoms. The van der Waals surface area contributed by atoms with Gasteiger partial charge >= 0.3 is 0 Å². The van der Waals surface area contributed by atoms with Crippen LogP contribution < -0.4 is 5.56 Å². The minimum Gasteiger partial charge on any atom is -0.297 e. The van der Waals surface area contributed by atoms with Gasteiger partial charge in [-0.05, 0) is 46.8 Å². The summed E-state index contributed by atoms with van der Waals surface area (Å²) in [6.45, 7) is 11.8. The van der Waals surface area contributed by atoms with Crippen LogP contribution in [-0.2, 0) is 6.54 Å². The summed E-state index contributed by atoms with van der Waals surface area (Å²) in [4.78, 5) is 20.0. The maximum Gasteiger partial charge on any atom is 0.262 e. The lowest BCUT2D eigenvalue weighted by Crippen LogP contribution is -2.40. The van der Waals surface area contributed by atoms with Gasteiger partial charge in [-0.2, -0.15) is 5.26 Å². The zero-order chi connectivity index (χ0) is 18.6. The third kappa shape index (κ3) is 4.62. The minimum absolute atomic E-state index is 0.0364. The molecule has 134 valence electrons. The Balaban J connectivity index is 2.45. The van der Waals surface area contributed by atoms with Gasteiger partial charge in [0, 0.05) is 25.2 Å². The van der Waals surface area contributed by atoms with E-state index in [0.717, 1.165) is 6.54 Å². The fraction of sp³-hybridized carbons (Fsp3) is 0.526. The SMILES string of the molecule is CC(C#N)Sc1nc2ccccc2c(=O)n1CCN(C(C)C)C(C)C. The fourth-order valence-corrected chi connectivity index (χ4v) is 3.77. The Labute approximate surface area is 153 Å². The number of nitriles is 1. The highest BCUT2D eigenvalue weighted by Crippen LogP contribution is 2.22. The predicted octanol–water partition coefficient (Wildman–Crippen LogP) is 3.52. The zero-order valence-corrected chi connectivity index (χ0v) is 16.4. The van der Waals surface area contributed by atoms with Gasteiger partial charge in [-0.1, -0.05) is 23.9 Å². The Morgan fingerprint density at radius 1 is 1.20 bits per heavy atom. The molecule has 1 heterocycles. The number of hydrogen-bond acceptors (Lipinski definition) is 5. The molecule has 0 radical (unpaired) electrons. The molecular formula is C19H26N4OS. The third-order valence-electron chi connectivity index (χ3n) is 4.20. The quantitative estimate of drug-likeness (QED) is 0.560. The Kier molecular flexibility index (Phi) is 6.63. The van der Waals surface area contributed by atoms with Gasteiger partial charge < -0.3 is 0 Å². The lowest BCUT2D eigenvalue weighted by molar-refractivity contribution is 0.166. The highest BCUT2D eigenvalue weighted by molar-refractivity contribution is 8.00. The summed E-state index contributed by atoms with van der Waals surface area (Å²) < 4.78 is 1.72. The fourth-order valence-electron chi connectivity index (χ4n) is 2.95. The predicted molar refractivity (Wildman–Crippen MR) is 104 cm³/mol. The molecule has 2 aromatic rings. The van der Waals surface area contributed by atoms with Crippen molar-refractivity contribution in [3.8, 4) is 6.07 Å². The van der Waals surface area contributed by atoms with Crippen LogP contribution in [0.4, 0.5) is 0 Å². The second-order valence-electron chi connectivity index (χ2n) is 6.68. The van der Waals surface area contributed by atoms with Crippen LogP contribution in [0.25, 0.3) is 10.9 Å². The van der Waals surface area contributed by atoms with Crippen molar-refractivity contribution in [3.63, 3.8) is 0 Å². The summed E-state index contributed by atoms with van der Waals surface area (Å²) in [6, 6.07) is 10.4. The van der Waals surface area contributed by atoms with E-state index in [0.29, 0.717) is 34.7 Å². The normalized spacial score (nSPS) is 12.9. The minimum atomic E-state index is -0.259. The largest absolute Gasteiger partial charge is 0.297 e. The molecule has 0 aliphatic rings. The molecule has 6 heteroatoms. The lowest BCUT2D eigenvalue weighted by atomic mass is 10.2. The molecule has 1 atom stereocenters. The molecule has 0 fully saturated rings. The topological polar surface area (TPSA) is 61.9 Å². The molecule has 1 unspecified atom stereocenters. The van der Waals surface area contributed by atoms with Gasteiger partial charge in [0.2, 0.25) is 0 Å². The van der Waals surface area contributed by atoms with Crippen LogP contribution in [0.2, 0.25) is 0 Å². The summed E-state index contributed by atoms with van der Waals surface area (Å²) >= 11 is 1.34. The molecule has 2 rings (SSSR count). The molecule has 0 N–H and O–H groups in total. The third-order valence-corrected chi connectivity index (χ3v) is 5.18. The van der Waals surface area contributed by atoms with Gasteiger partial charge in [-0.25, -0.2) is 4.98 Å². The molecule has 1 aromatic heterocycles. The second-order valence-corrected chi connectivity index (χ2v) is 7.99. The number of rotatable bonds is 7. The van der Waals surface area contributed by atoms with Crippen molar-refractivity contribution < 1.29 is 0 Å². The average molecular weight is 359 g/mol. The van der Waals surface area contributed by atoms with Crippen LogP contribution in [0.15, 0.2) is 34.2 Å². The maximum absolute atomic E-state index is 13.0. The zero-order valence-electron chi connectivity index (χ0n) is 15.6. The number of benzene rings is 1. The summed E-state index contributed by atoms with van der Waals surface area (Å²) in [7, 11) is 0. The smallest absolute Gasteiger partial charge is 0.262 e. The molecular weight excluding hydrogens is 332 g/mol.